The molecule has 1 rings (SSSR count). The predicted octanol–water partition coefficient (Wildman–Crippen LogP) is 1.55. The molecule has 1 amide bonds. The average Bonchev–Trinajstić information content (AvgIpc) is 2.37. The second-order valence-electron chi connectivity index (χ2n) is 6.41. The number of amides is 1. The van der Waals surface area contributed by atoms with E-state index in [1.54, 1.807) is 7.11 Å². The van der Waals surface area contributed by atoms with Crippen LogP contribution < -0.4 is 10.6 Å². The SMILES string of the molecule is COC(C)(C)CNC(=O)C(C)(C)C1CCCNC1. The highest BCUT2D eigenvalue weighted by atomic mass is 16.5. The highest BCUT2D eigenvalue weighted by Crippen LogP contribution is 2.32. The number of hydrogen-bond donors (Lipinski definition) is 2. The Kier molecular flexibility index (Phi) is 5.17. The number of piperidine rings is 1. The third-order valence-corrected chi connectivity index (χ3v) is 4.13. The number of methoxy groups -OCH3 is 1. The van der Waals surface area contributed by atoms with Gasteiger partial charge in [-0.3, -0.25) is 4.79 Å². The van der Waals surface area contributed by atoms with Crippen LogP contribution in [0.5, 0.6) is 0 Å². The van der Waals surface area contributed by atoms with E-state index < -0.39 is 0 Å². The van der Waals surface area contributed by atoms with Crippen LogP contribution in [0.15, 0.2) is 0 Å². The molecule has 0 spiro atoms. The molecule has 4 heteroatoms. The van der Waals surface area contributed by atoms with E-state index in [9.17, 15) is 4.79 Å². The summed E-state index contributed by atoms with van der Waals surface area (Å²) in [4.78, 5) is 12.3. The summed E-state index contributed by atoms with van der Waals surface area (Å²) in [6.07, 6.45) is 2.28. The smallest absolute Gasteiger partial charge is 0.226 e. The Hall–Kier alpha value is -0.610. The Morgan fingerprint density at radius 3 is 2.56 bits per heavy atom. The first-order valence-corrected chi connectivity index (χ1v) is 6.84. The zero-order chi connectivity index (χ0) is 13.8. The summed E-state index contributed by atoms with van der Waals surface area (Å²) in [5.74, 6) is 0.540. The van der Waals surface area contributed by atoms with Gasteiger partial charge in [0.2, 0.25) is 5.91 Å². The first-order valence-electron chi connectivity index (χ1n) is 6.84. The minimum absolute atomic E-state index is 0.126. The van der Waals surface area contributed by atoms with Crippen molar-refractivity contribution in [2.24, 2.45) is 11.3 Å². The van der Waals surface area contributed by atoms with Gasteiger partial charge < -0.3 is 15.4 Å². The first-order chi connectivity index (χ1) is 8.29. The van der Waals surface area contributed by atoms with E-state index in [0.29, 0.717) is 12.5 Å². The third kappa shape index (κ3) is 3.95. The number of rotatable bonds is 5. The van der Waals surface area contributed by atoms with Gasteiger partial charge >= 0.3 is 0 Å². The molecular formula is C14H28N2O2. The molecule has 1 heterocycles. The van der Waals surface area contributed by atoms with Crippen molar-refractivity contribution in [3.8, 4) is 0 Å². The Morgan fingerprint density at radius 1 is 1.39 bits per heavy atom. The van der Waals surface area contributed by atoms with Crippen molar-refractivity contribution < 1.29 is 9.53 Å². The molecule has 0 aromatic heterocycles. The highest BCUT2D eigenvalue weighted by molar-refractivity contribution is 5.82. The van der Waals surface area contributed by atoms with Crippen molar-refractivity contribution in [1.29, 1.82) is 0 Å². The maximum atomic E-state index is 12.3. The maximum Gasteiger partial charge on any atom is 0.226 e. The van der Waals surface area contributed by atoms with Crippen molar-refractivity contribution in [2.45, 2.75) is 46.1 Å². The molecule has 0 saturated carbocycles. The van der Waals surface area contributed by atoms with E-state index in [2.05, 4.69) is 10.6 Å². The molecule has 4 nitrogen and oxygen atoms in total. The standard InChI is InChI=1S/C14H28N2O2/c1-13(2,18-5)10-16-12(17)14(3,4)11-7-6-8-15-9-11/h11,15H,6-10H2,1-5H3,(H,16,17). The third-order valence-electron chi connectivity index (χ3n) is 4.13. The lowest BCUT2D eigenvalue weighted by atomic mass is 9.74. The quantitative estimate of drug-likeness (QED) is 0.785. The number of hydrogen-bond acceptors (Lipinski definition) is 3. The molecule has 0 radical (unpaired) electrons. The summed E-state index contributed by atoms with van der Waals surface area (Å²) >= 11 is 0. The van der Waals surface area contributed by atoms with Crippen molar-refractivity contribution in [2.75, 3.05) is 26.7 Å². The van der Waals surface area contributed by atoms with Crippen LogP contribution in [0.4, 0.5) is 0 Å². The molecule has 1 aliphatic heterocycles. The van der Waals surface area contributed by atoms with Crippen molar-refractivity contribution in [3.05, 3.63) is 0 Å². The van der Waals surface area contributed by atoms with Gasteiger partial charge in [-0.15, -0.1) is 0 Å². The molecule has 0 aromatic carbocycles. The molecule has 1 fully saturated rings. The lowest BCUT2D eigenvalue weighted by Crippen LogP contribution is -2.50. The second kappa shape index (κ2) is 6.02. The molecule has 1 saturated heterocycles. The van der Waals surface area contributed by atoms with E-state index in [4.69, 9.17) is 4.74 Å². The fourth-order valence-electron chi connectivity index (χ4n) is 2.25. The Balaban J connectivity index is 2.53. The second-order valence-corrected chi connectivity index (χ2v) is 6.41. The van der Waals surface area contributed by atoms with Gasteiger partial charge in [-0.1, -0.05) is 13.8 Å². The zero-order valence-electron chi connectivity index (χ0n) is 12.4. The van der Waals surface area contributed by atoms with Crippen LogP contribution in [-0.4, -0.2) is 38.3 Å². The van der Waals surface area contributed by atoms with E-state index in [0.717, 1.165) is 25.9 Å². The Morgan fingerprint density at radius 2 is 2.06 bits per heavy atom. The van der Waals surface area contributed by atoms with Gasteiger partial charge in [-0.25, -0.2) is 0 Å². The van der Waals surface area contributed by atoms with Crippen LogP contribution in [0, 0.1) is 11.3 Å². The van der Waals surface area contributed by atoms with Gasteiger partial charge in [0.1, 0.15) is 0 Å². The Bertz CT molecular complexity index is 282. The van der Waals surface area contributed by atoms with Gasteiger partial charge in [-0.05, 0) is 45.7 Å². The van der Waals surface area contributed by atoms with E-state index in [1.807, 2.05) is 27.7 Å². The van der Waals surface area contributed by atoms with E-state index in [1.165, 1.54) is 0 Å². The molecule has 1 unspecified atom stereocenters. The van der Waals surface area contributed by atoms with Crippen molar-refractivity contribution >= 4 is 5.91 Å². The summed E-state index contributed by atoms with van der Waals surface area (Å²) in [7, 11) is 1.67. The first kappa shape index (κ1) is 15.4. The summed E-state index contributed by atoms with van der Waals surface area (Å²) in [5, 5.41) is 6.39. The minimum atomic E-state index is -0.322. The summed E-state index contributed by atoms with van der Waals surface area (Å²) in [6, 6.07) is 0. The molecule has 2 N–H and O–H groups in total. The molecule has 0 aliphatic carbocycles. The van der Waals surface area contributed by atoms with Crippen LogP contribution in [0.2, 0.25) is 0 Å². The number of carbonyl (C=O) groups is 1. The molecule has 1 aliphatic rings. The maximum absolute atomic E-state index is 12.3. The predicted molar refractivity (Wildman–Crippen MR) is 73.5 cm³/mol. The molecule has 0 bridgehead atoms. The van der Waals surface area contributed by atoms with Gasteiger partial charge in [-0.2, -0.15) is 0 Å². The van der Waals surface area contributed by atoms with E-state index in [-0.39, 0.29) is 16.9 Å². The number of nitrogens with one attached hydrogen (secondary N) is 2. The molecule has 0 aromatic rings. The average molecular weight is 256 g/mol. The van der Waals surface area contributed by atoms with Gasteiger partial charge in [0.05, 0.1) is 5.60 Å². The molecular weight excluding hydrogens is 228 g/mol. The van der Waals surface area contributed by atoms with E-state index >= 15 is 0 Å². The van der Waals surface area contributed by atoms with Crippen LogP contribution in [0.1, 0.15) is 40.5 Å². The van der Waals surface area contributed by atoms with Crippen LogP contribution >= 0.6 is 0 Å². The number of carbonyl (C=O) groups excluding carboxylic acids is 1. The molecule has 106 valence electrons. The summed E-state index contributed by atoms with van der Waals surface area (Å²) in [5.41, 5.74) is -0.631. The fourth-order valence-corrected chi connectivity index (χ4v) is 2.25. The Labute approximate surface area is 111 Å². The van der Waals surface area contributed by atoms with Crippen LogP contribution in [0.25, 0.3) is 0 Å². The summed E-state index contributed by atoms with van der Waals surface area (Å²) in [6.45, 7) is 10.6. The van der Waals surface area contributed by atoms with Gasteiger partial charge in [0, 0.05) is 19.1 Å². The fraction of sp³-hybridized carbons (Fsp3) is 0.929. The number of ether oxygens (including phenoxy) is 1. The van der Waals surface area contributed by atoms with Gasteiger partial charge in [0.15, 0.2) is 0 Å². The molecule has 1 atom stereocenters. The lowest BCUT2D eigenvalue weighted by Gasteiger charge is -2.36. The topological polar surface area (TPSA) is 50.4 Å². The monoisotopic (exact) mass is 256 g/mol. The highest BCUT2D eigenvalue weighted by Gasteiger charge is 2.37. The summed E-state index contributed by atoms with van der Waals surface area (Å²) < 4.78 is 5.32. The zero-order valence-corrected chi connectivity index (χ0v) is 12.4. The van der Waals surface area contributed by atoms with Crippen LogP contribution in [-0.2, 0) is 9.53 Å². The minimum Gasteiger partial charge on any atom is -0.377 e. The van der Waals surface area contributed by atoms with Gasteiger partial charge in [0.25, 0.3) is 0 Å². The van der Waals surface area contributed by atoms with Crippen LogP contribution in [0.3, 0.4) is 0 Å². The van der Waals surface area contributed by atoms with Crippen molar-refractivity contribution in [3.63, 3.8) is 0 Å². The molecule has 18 heavy (non-hydrogen) atoms. The lowest BCUT2D eigenvalue weighted by molar-refractivity contribution is -0.133. The van der Waals surface area contributed by atoms with Crippen molar-refractivity contribution in [1.82, 2.24) is 10.6 Å². The largest absolute Gasteiger partial charge is 0.377 e. The normalized spacial score (nSPS) is 21.7.